The van der Waals surface area contributed by atoms with Gasteiger partial charge in [-0.3, -0.25) is 4.79 Å². The predicted molar refractivity (Wildman–Crippen MR) is 110 cm³/mol. The number of rotatable bonds is 9. The number of carbonyl (C=O) groups is 1. The summed E-state index contributed by atoms with van der Waals surface area (Å²) in [6.45, 7) is 5.05. The van der Waals surface area contributed by atoms with E-state index < -0.39 is 0 Å². The molecule has 0 aliphatic heterocycles. The minimum absolute atomic E-state index is 0. The van der Waals surface area contributed by atoms with E-state index >= 15 is 0 Å². The summed E-state index contributed by atoms with van der Waals surface area (Å²) in [6, 6.07) is 18.0. The fourth-order valence-corrected chi connectivity index (χ4v) is 2.79. The van der Waals surface area contributed by atoms with E-state index in [9.17, 15) is 4.79 Å². The molecule has 0 aliphatic carbocycles. The first-order chi connectivity index (χ1) is 12.1. The predicted octanol–water partition coefficient (Wildman–Crippen LogP) is 4.03. The molecular weight excluding hydrogens is 348 g/mol. The lowest BCUT2D eigenvalue weighted by Gasteiger charge is -2.19. The number of para-hydroxylation sites is 1. The Morgan fingerprint density at radius 1 is 1.08 bits per heavy atom. The Morgan fingerprint density at radius 2 is 1.73 bits per heavy atom. The molecule has 1 atom stereocenters. The maximum atomic E-state index is 12.1. The molecule has 0 saturated carbocycles. The van der Waals surface area contributed by atoms with Gasteiger partial charge in [-0.2, -0.15) is 0 Å². The number of hydrogen-bond acceptors (Lipinski definition) is 3. The Bertz CT molecular complexity index is 662. The highest BCUT2D eigenvalue weighted by Crippen LogP contribution is 2.29. The molecular formula is C21H29ClN2O2. The third-order valence-electron chi connectivity index (χ3n) is 3.96. The molecule has 0 heterocycles. The highest BCUT2D eigenvalue weighted by Gasteiger charge is 2.13. The molecule has 0 saturated heterocycles. The molecule has 2 aromatic rings. The Balaban J connectivity index is 0.00000338. The van der Waals surface area contributed by atoms with Crippen LogP contribution in [0.1, 0.15) is 26.7 Å². The van der Waals surface area contributed by atoms with Crippen LogP contribution in [-0.4, -0.2) is 25.1 Å². The summed E-state index contributed by atoms with van der Waals surface area (Å²) >= 11 is 0. The van der Waals surface area contributed by atoms with Crippen molar-refractivity contribution in [1.82, 2.24) is 5.32 Å². The van der Waals surface area contributed by atoms with E-state index in [2.05, 4.69) is 19.2 Å². The third-order valence-corrected chi connectivity index (χ3v) is 3.96. The van der Waals surface area contributed by atoms with Gasteiger partial charge in [-0.25, -0.2) is 0 Å². The van der Waals surface area contributed by atoms with Gasteiger partial charge in [0.2, 0.25) is 5.91 Å². The Morgan fingerprint density at radius 3 is 2.38 bits per heavy atom. The summed E-state index contributed by atoms with van der Waals surface area (Å²) < 4.78 is 5.87. The van der Waals surface area contributed by atoms with Crippen molar-refractivity contribution < 1.29 is 9.53 Å². The lowest BCUT2D eigenvalue weighted by molar-refractivity contribution is -0.122. The van der Waals surface area contributed by atoms with Crippen molar-refractivity contribution in [2.75, 3.05) is 13.2 Å². The number of carbonyl (C=O) groups excluding carboxylic acids is 1. The van der Waals surface area contributed by atoms with Crippen molar-refractivity contribution in [1.29, 1.82) is 0 Å². The third kappa shape index (κ3) is 7.06. The van der Waals surface area contributed by atoms with Crippen molar-refractivity contribution in [3.63, 3.8) is 0 Å². The summed E-state index contributed by atoms with van der Waals surface area (Å²) in [5, 5.41) is 2.99. The molecule has 0 aromatic heterocycles. The zero-order valence-electron chi connectivity index (χ0n) is 15.5. The number of amides is 1. The van der Waals surface area contributed by atoms with Crippen LogP contribution in [0.4, 0.5) is 0 Å². The van der Waals surface area contributed by atoms with Crippen molar-refractivity contribution >= 4 is 18.3 Å². The smallest absolute Gasteiger partial charge is 0.223 e. The van der Waals surface area contributed by atoms with E-state index in [0.29, 0.717) is 25.5 Å². The molecule has 0 aliphatic rings. The van der Waals surface area contributed by atoms with Crippen LogP contribution in [0.25, 0.3) is 11.1 Å². The SMILES string of the molecule is CC(C)CC(CN)NC(=O)CCOc1ccccc1-c1ccccc1.Cl. The van der Waals surface area contributed by atoms with Crippen LogP contribution in [0.5, 0.6) is 5.75 Å². The maximum Gasteiger partial charge on any atom is 0.223 e. The lowest BCUT2D eigenvalue weighted by Crippen LogP contribution is -2.41. The Labute approximate surface area is 162 Å². The van der Waals surface area contributed by atoms with Crippen LogP contribution in [-0.2, 0) is 4.79 Å². The fraction of sp³-hybridized carbons (Fsp3) is 0.381. The summed E-state index contributed by atoms with van der Waals surface area (Å²) in [5.74, 6) is 1.27. The first-order valence-corrected chi connectivity index (χ1v) is 8.86. The summed E-state index contributed by atoms with van der Waals surface area (Å²) in [5.41, 5.74) is 7.86. The Kier molecular flexibility index (Phi) is 9.78. The normalized spacial score (nSPS) is 11.5. The highest BCUT2D eigenvalue weighted by molar-refractivity contribution is 5.85. The average molecular weight is 377 g/mol. The summed E-state index contributed by atoms with van der Waals surface area (Å²) in [4.78, 5) is 12.1. The molecule has 4 nitrogen and oxygen atoms in total. The van der Waals surface area contributed by atoms with E-state index in [1.165, 1.54) is 0 Å². The van der Waals surface area contributed by atoms with Gasteiger partial charge in [0.15, 0.2) is 0 Å². The number of halogens is 1. The summed E-state index contributed by atoms with van der Waals surface area (Å²) in [6.07, 6.45) is 1.21. The zero-order chi connectivity index (χ0) is 18.1. The average Bonchev–Trinajstić information content (AvgIpc) is 2.62. The van der Waals surface area contributed by atoms with Gasteiger partial charge in [0.1, 0.15) is 5.75 Å². The van der Waals surface area contributed by atoms with Gasteiger partial charge in [-0.1, -0.05) is 62.4 Å². The largest absolute Gasteiger partial charge is 0.492 e. The molecule has 5 heteroatoms. The van der Waals surface area contributed by atoms with Gasteiger partial charge in [0.05, 0.1) is 13.0 Å². The van der Waals surface area contributed by atoms with Crippen LogP contribution >= 0.6 is 12.4 Å². The molecule has 0 spiro atoms. The van der Waals surface area contributed by atoms with Gasteiger partial charge in [-0.05, 0) is 24.0 Å². The maximum absolute atomic E-state index is 12.1. The van der Waals surface area contributed by atoms with E-state index in [-0.39, 0.29) is 24.4 Å². The second-order valence-corrected chi connectivity index (χ2v) is 6.59. The monoisotopic (exact) mass is 376 g/mol. The molecule has 0 bridgehead atoms. The van der Waals surface area contributed by atoms with Crippen molar-refractivity contribution in [3.05, 3.63) is 54.6 Å². The summed E-state index contributed by atoms with van der Waals surface area (Å²) in [7, 11) is 0. The molecule has 0 fully saturated rings. The van der Waals surface area contributed by atoms with Gasteiger partial charge in [0.25, 0.3) is 0 Å². The molecule has 1 amide bonds. The number of hydrogen-bond donors (Lipinski definition) is 2. The van der Waals surface area contributed by atoms with Crippen LogP contribution in [0.2, 0.25) is 0 Å². The van der Waals surface area contributed by atoms with Crippen LogP contribution in [0.15, 0.2) is 54.6 Å². The number of benzene rings is 2. The van der Waals surface area contributed by atoms with Crippen LogP contribution < -0.4 is 15.8 Å². The van der Waals surface area contributed by atoms with Crippen LogP contribution in [0.3, 0.4) is 0 Å². The van der Waals surface area contributed by atoms with E-state index in [1.54, 1.807) is 0 Å². The minimum atomic E-state index is -0.0201. The topological polar surface area (TPSA) is 64.3 Å². The second-order valence-electron chi connectivity index (χ2n) is 6.59. The second kappa shape index (κ2) is 11.6. The molecule has 0 radical (unpaired) electrons. The van der Waals surface area contributed by atoms with Crippen molar-refractivity contribution in [3.8, 4) is 16.9 Å². The van der Waals surface area contributed by atoms with Crippen molar-refractivity contribution in [2.45, 2.75) is 32.7 Å². The quantitative estimate of drug-likeness (QED) is 0.694. The van der Waals surface area contributed by atoms with E-state index in [1.807, 2.05) is 54.6 Å². The molecule has 2 rings (SSSR count). The van der Waals surface area contributed by atoms with Gasteiger partial charge in [-0.15, -0.1) is 12.4 Å². The number of ether oxygens (including phenoxy) is 1. The highest BCUT2D eigenvalue weighted by atomic mass is 35.5. The molecule has 142 valence electrons. The Hall–Kier alpha value is -2.04. The molecule has 26 heavy (non-hydrogen) atoms. The molecule has 2 aromatic carbocycles. The lowest BCUT2D eigenvalue weighted by atomic mass is 10.0. The molecule has 3 N–H and O–H groups in total. The standard InChI is InChI=1S/C21H28N2O2.ClH/c1-16(2)14-18(15-22)23-21(24)12-13-25-20-11-7-6-10-19(20)17-8-4-3-5-9-17;/h3-11,16,18H,12-15,22H2,1-2H3,(H,23,24);1H. The zero-order valence-corrected chi connectivity index (χ0v) is 16.3. The fourth-order valence-electron chi connectivity index (χ4n) is 2.79. The van der Waals surface area contributed by atoms with Crippen molar-refractivity contribution in [2.24, 2.45) is 11.7 Å². The first kappa shape index (κ1) is 22.0. The van der Waals surface area contributed by atoms with Crippen LogP contribution in [0, 0.1) is 5.92 Å². The van der Waals surface area contributed by atoms with Gasteiger partial charge < -0.3 is 15.8 Å². The van der Waals surface area contributed by atoms with Gasteiger partial charge in [0, 0.05) is 18.2 Å². The molecule has 1 unspecified atom stereocenters. The first-order valence-electron chi connectivity index (χ1n) is 8.86. The van der Waals surface area contributed by atoms with Gasteiger partial charge >= 0.3 is 0 Å². The van der Waals surface area contributed by atoms with E-state index in [0.717, 1.165) is 23.3 Å². The van der Waals surface area contributed by atoms with E-state index in [4.69, 9.17) is 10.5 Å². The number of nitrogens with two attached hydrogens (primary N) is 1. The minimum Gasteiger partial charge on any atom is -0.492 e. The number of nitrogens with one attached hydrogen (secondary N) is 1.